The highest BCUT2D eigenvalue weighted by Crippen LogP contribution is 2.13. The molecule has 3 nitrogen and oxygen atoms in total. The molecule has 60 valence electrons. The molecular formula is C7H10N2OS. The minimum atomic E-state index is -1.40. The Morgan fingerprint density at radius 3 is 2.55 bits per heavy atom. The van der Waals surface area contributed by atoms with Gasteiger partial charge in [0.1, 0.15) is 11.0 Å². The van der Waals surface area contributed by atoms with E-state index in [1.54, 1.807) is 18.2 Å². The Morgan fingerprint density at radius 1 is 1.45 bits per heavy atom. The van der Waals surface area contributed by atoms with Gasteiger partial charge in [-0.25, -0.2) is 9.35 Å². The van der Waals surface area contributed by atoms with Crippen molar-refractivity contribution in [2.24, 2.45) is 5.14 Å². The largest absolute Gasteiger partial charge is 0.399 e. The van der Waals surface area contributed by atoms with Crippen LogP contribution in [0, 0.1) is 6.92 Å². The summed E-state index contributed by atoms with van der Waals surface area (Å²) in [5.74, 6) is 0. The zero-order chi connectivity index (χ0) is 8.43. The van der Waals surface area contributed by atoms with Gasteiger partial charge in [0.05, 0.1) is 4.90 Å². The van der Waals surface area contributed by atoms with Crippen LogP contribution in [0.3, 0.4) is 0 Å². The molecule has 0 aliphatic heterocycles. The summed E-state index contributed by atoms with van der Waals surface area (Å²) < 4.78 is 10.8. The average molecular weight is 170 g/mol. The smallest absolute Gasteiger partial charge is 0.122 e. The fourth-order valence-corrected chi connectivity index (χ4v) is 1.27. The molecule has 0 aliphatic carbocycles. The Balaban J connectivity index is 3.15. The van der Waals surface area contributed by atoms with E-state index >= 15 is 0 Å². The highest BCUT2D eigenvalue weighted by atomic mass is 32.2. The molecule has 0 heterocycles. The Labute approximate surface area is 68.0 Å². The van der Waals surface area contributed by atoms with Gasteiger partial charge >= 0.3 is 0 Å². The van der Waals surface area contributed by atoms with Crippen molar-refractivity contribution < 1.29 is 4.21 Å². The van der Waals surface area contributed by atoms with Gasteiger partial charge in [0.15, 0.2) is 0 Å². The zero-order valence-electron chi connectivity index (χ0n) is 6.20. The molecule has 0 aliphatic rings. The summed E-state index contributed by atoms with van der Waals surface area (Å²) in [7, 11) is -1.40. The molecule has 4 heteroatoms. The minimum Gasteiger partial charge on any atom is -0.399 e. The molecule has 0 saturated heterocycles. The predicted octanol–water partition coefficient (Wildman–Crippen LogP) is 0.559. The van der Waals surface area contributed by atoms with Crippen LogP contribution in [0.15, 0.2) is 23.1 Å². The molecular weight excluding hydrogens is 160 g/mol. The van der Waals surface area contributed by atoms with Crippen molar-refractivity contribution in [1.82, 2.24) is 0 Å². The van der Waals surface area contributed by atoms with Gasteiger partial charge in [-0.3, -0.25) is 0 Å². The van der Waals surface area contributed by atoms with Gasteiger partial charge < -0.3 is 5.73 Å². The molecule has 0 unspecified atom stereocenters. The maximum Gasteiger partial charge on any atom is 0.122 e. The van der Waals surface area contributed by atoms with Crippen LogP contribution in [-0.4, -0.2) is 4.21 Å². The van der Waals surface area contributed by atoms with Crippen LogP contribution in [0.2, 0.25) is 0 Å². The lowest BCUT2D eigenvalue weighted by Crippen LogP contribution is -2.03. The van der Waals surface area contributed by atoms with Crippen LogP contribution in [-0.2, 0) is 11.0 Å². The Bertz CT molecular complexity index is 298. The van der Waals surface area contributed by atoms with Crippen molar-refractivity contribution in [2.75, 3.05) is 5.73 Å². The molecule has 0 saturated carbocycles. The van der Waals surface area contributed by atoms with Crippen LogP contribution >= 0.6 is 0 Å². The van der Waals surface area contributed by atoms with Gasteiger partial charge in [-0.2, -0.15) is 0 Å². The van der Waals surface area contributed by atoms with E-state index in [2.05, 4.69) is 0 Å². The van der Waals surface area contributed by atoms with E-state index < -0.39 is 11.0 Å². The highest BCUT2D eigenvalue weighted by Gasteiger charge is 1.99. The quantitative estimate of drug-likeness (QED) is 0.604. The fraction of sp³-hybridized carbons (Fsp3) is 0.143. The number of nitrogens with two attached hydrogens (primary N) is 2. The third-order valence-electron chi connectivity index (χ3n) is 1.47. The molecule has 0 fully saturated rings. The minimum absolute atomic E-state index is 0.608. The molecule has 0 aromatic heterocycles. The highest BCUT2D eigenvalue weighted by molar-refractivity contribution is 7.82. The first-order chi connectivity index (χ1) is 5.11. The summed E-state index contributed by atoms with van der Waals surface area (Å²) in [5.41, 5.74) is 7.15. The molecule has 0 bridgehead atoms. The van der Waals surface area contributed by atoms with Crippen LogP contribution in [0.5, 0.6) is 0 Å². The molecule has 4 N–H and O–H groups in total. The number of anilines is 1. The second-order valence-electron chi connectivity index (χ2n) is 2.32. The molecule has 1 atom stereocenters. The van der Waals surface area contributed by atoms with E-state index in [0.29, 0.717) is 10.6 Å². The van der Waals surface area contributed by atoms with Crippen LogP contribution in [0.1, 0.15) is 5.56 Å². The molecule has 1 rings (SSSR count). The number of nitrogen functional groups attached to an aromatic ring is 1. The summed E-state index contributed by atoms with van der Waals surface area (Å²) in [6.07, 6.45) is 0. The van der Waals surface area contributed by atoms with E-state index in [-0.39, 0.29) is 0 Å². The molecule has 0 amide bonds. The first-order valence-electron chi connectivity index (χ1n) is 3.13. The second kappa shape index (κ2) is 3.02. The zero-order valence-corrected chi connectivity index (χ0v) is 7.02. The third-order valence-corrected chi connectivity index (χ3v) is 2.19. The summed E-state index contributed by atoms with van der Waals surface area (Å²) in [6.45, 7) is 1.85. The number of hydrogen-bond donors (Lipinski definition) is 2. The first kappa shape index (κ1) is 8.23. The molecule has 0 radical (unpaired) electrons. The topological polar surface area (TPSA) is 69.1 Å². The van der Waals surface area contributed by atoms with Crippen molar-refractivity contribution in [2.45, 2.75) is 11.8 Å². The Kier molecular flexibility index (Phi) is 2.26. The monoisotopic (exact) mass is 170 g/mol. The molecule has 11 heavy (non-hydrogen) atoms. The van der Waals surface area contributed by atoms with Gasteiger partial charge in [0, 0.05) is 5.69 Å². The molecule has 1 aromatic carbocycles. The molecule has 1 aromatic rings. The lowest BCUT2D eigenvalue weighted by Gasteiger charge is -2.00. The van der Waals surface area contributed by atoms with Crippen molar-refractivity contribution in [1.29, 1.82) is 0 Å². The van der Waals surface area contributed by atoms with Crippen LogP contribution < -0.4 is 10.9 Å². The maximum atomic E-state index is 10.8. The van der Waals surface area contributed by atoms with E-state index in [1.807, 2.05) is 6.92 Å². The van der Waals surface area contributed by atoms with E-state index in [1.165, 1.54) is 0 Å². The average Bonchev–Trinajstić information content (AvgIpc) is 1.94. The van der Waals surface area contributed by atoms with Crippen LogP contribution in [0.25, 0.3) is 0 Å². The van der Waals surface area contributed by atoms with Gasteiger partial charge in [-0.05, 0) is 30.7 Å². The van der Waals surface area contributed by atoms with E-state index in [0.717, 1.165) is 5.56 Å². The van der Waals surface area contributed by atoms with E-state index in [9.17, 15) is 4.21 Å². The third kappa shape index (κ3) is 1.78. The molecule has 0 spiro atoms. The Hall–Kier alpha value is -0.870. The van der Waals surface area contributed by atoms with Gasteiger partial charge in [-0.15, -0.1) is 0 Å². The number of rotatable bonds is 1. The number of hydrogen-bond acceptors (Lipinski definition) is 2. The summed E-state index contributed by atoms with van der Waals surface area (Å²) in [5, 5.41) is 5.16. The number of benzene rings is 1. The SMILES string of the molecule is Cc1cc([S@](N)=O)ccc1N. The van der Waals surface area contributed by atoms with Crippen molar-refractivity contribution >= 4 is 16.7 Å². The second-order valence-corrected chi connectivity index (χ2v) is 3.38. The standard InChI is InChI=1S/C7H10N2OS/c1-5-4-6(11(9)10)2-3-7(5)8/h2-4H,8-9H2,1H3/t11-/m1/s1. The first-order valence-corrected chi connectivity index (χ1v) is 4.35. The summed E-state index contributed by atoms with van der Waals surface area (Å²) in [4.78, 5) is 0.608. The lowest BCUT2D eigenvalue weighted by molar-refractivity contribution is 0.684. The van der Waals surface area contributed by atoms with Crippen molar-refractivity contribution in [3.8, 4) is 0 Å². The van der Waals surface area contributed by atoms with Crippen molar-refractivity contribution in [3.05, 3.63) is 23.8 Å². The Morgan fingerprint density at radius 2 is 2.09 bits per heavy atom. The fourth-order valence-electron chi connectivity index (χ4n) is 0.773. The lowest BCUT2D eigenvalue weighted by atomic mass is 10.2. The van der Waals surface area contributed by atoms with E-state index in [4.69, 9.17) is 10.9 Å². The van der Waals surface area contributed by atoms with Gasteiger partial charge in [0.2, 0.25) is 0 Å². The van der Waals surface area contributed by atoms with Gasteiger partial charge in [-0.1, -0.05) is 0 Å². The maximum absolute atomic E-state index is 10.8. The van der Waals surface area contributed by atoms with Crippen molar-refractivity contribution in [3.63, 3.8) is 0 Å². The summed E-state index contributed by atoms with van der Waals surface area (Å²) >= 11 is 0. The van der Waals surface area contributed by atoms with Gasteiger partial charge in [0.25, 0.3) is 0 Å². The summed E-state index contributed by atoms with van der Waals surface area (Å²) in [6, 6.07) is 5.10. The predicted molar refractivity (Wildman–Crippen MR) is 46.2 cm³/mol. The van der Waals surface area contributed by atoms with Crippen LogP contribution in [0.4, 0.5) is 5.69 Å². The number of aryl methyl sites for hydroxylation is 1. The normalized spacial score (nSPS) is 12.9.